The molecule has 0 saturated heterocycles. The molecule has 3 rings (SSSR count). The first-order valence-electron chi connectivity index (χ1n) is 9.07. The number of pyridine rings is 1. The summed E-state index contributed by atoms with van der Waals surface area (Å²) in [6.45, 7) is -1.07. The Morgan fingerprint density at radius 1 is 1.12 bits per heavy atom. The number of fused-ring (bicyclic) bond motifs is 1. The maximum Gasteiger partial charge on any atom is 0.455 e. The molecule has 14 heteroatoms. The van der Waals surface area contributed by atoms with Gasteiger partial charge >= 0.3 is 17.8 Å². The maximum atomic E-state index is 13.6. The van der Waals surface area contributed by atoms with Gasteiger partial charge in [0.25, 0.3) is 10.8 Å². The van der Waals surface area contributed by atoms with E-state index in [4.69, 9.17) is 0 Å². The lowest BCUT2D eigenvalue weighted by Crippen LogP contribution is -2.40. The molecule has 0 radical (unpaired) electrons. The normalized spacial score (nSPS) is 13.1. The molecule has 2 aromatic heterocycles. The zero-order valence-corrected chi connectivity index (χ0v) is 16.9. The van der Waals surface area contributed by atoms with Crippen LogP contribution in [0.25, 0.3) is 10.9 Å². The molecule has 0 aliphatic heterocycles. The monoisotopic (exact) mass is 478 g/mol. The number of benzene rings is 1. The van der Waals surface area contributed by atoms with Crippen molar-refractivity contribution < 1.29 is 40.5 Å². The van der Waals surface area contributed by atoms with Crippen LogP contribution in [-0.2, 0) is 17.3 Å². The Labute approximate surface area is 181 Å². The molecule has 0 aliphatic rings. The predicted molar refractivity (Wildman–Crippen MR) is 102 cm³/mol. The van der Waals surface area contributed by atoms with Gasteiger partial charge in [0.05, 0.1) is 28.4 Å². The molecule has 3 aromatic rings. The van der Waals surface area contributed by atoms with Crippen LogP contribution in [0.15, 0.2) is 41.7 Å². The van der Waals surface area contributed by atoms with Crippen molar-refractivity contribution >= 4 is 28.6 Å². The first-order chi connectivity index (χ1) is 15.2. The number of alkyl halides is 7. The molecule has 33 heavy (non-hydrogen) atoms. The quantitative estimate of drug-likeness (QED) is 0.257. The van der Waals surface area contributed by atoms with Gasteiger partial charge in [-0.15, -0.1) is 0 Å². The number of hydrogen-bond donors (Lipinski definition) is 0. The first-order valence-corrected chi connectivity index (χ1v) is 9.07. The van der Waals surface area contributed by atoms with Crippen LogP contribution in [0, 0.1) is 4.91 Å². The second-order valence-electron chi connectivity index (χ2n) is 6.97. The lowest BCUT2D eigenvalue weighted by Gasteiger charge is -2.19. The Hall–Kier alpha value is -3.58. The van der Waals surface area contributed by atoms with Crippen LogP contribution >= 0.6 is 0 Å². The van der Waals surface area contributed by atoms with E-state index in [-0.39, 0.29) is 32.9 Å². The number of aromatic nitrogens is 3. The van der Waals surface area contributed by atoms with E-state index in [2.05, 4.69) is 19.9 Å². The van der Waals surface area contributed by atoms with Gasteiger partial charge < -0.3 is 0 Å². The van der Waals surface area contributed by atoms with Gasteiger partial charge in [0.2, 0.25) is 0 Å². The average molecular weight is 478 g/mol. The summed E-state index contributed by atoms with van der Waals surface area (Å²) in [5.41, 5.74) is -0.681. The van der Waals surface area contributed by atoms with Crippen molar-refractivity contribution in [2.75, 3.05) is 7.11 Å². The van der Waals surface area contributed by atoms with Gasteiger partial charge in [-0.1, -0.05) is 6.07 Å². The average Bonchev–Trinajstić information content (AvgIpc) is 3.11. The predicted octanol–water partition coefficient (Wildman–Crippen LogP) is 5.46. The van der Waals surface area contributed by atoms with Gasteiger partial charge in [-0.05, 0) is 12.1 Å². The van der Waals surface area contributed by atoms with E-state index in [1.165, 1.54) is 12.1 Å². The van der Waals surface area contributed by atoms with Crippen molar-refractivity contribution in [2.45, 2.75) is 31.5 Å². The topological polar surface area (TPSA) is 72.4 Å². The Bertz CT molecular complexity index is 1220. The molecule has 0 N–H and O–H groups in total. The summed E-state index contributed by atoms with van der Waals surface area (Å²) >= 11 is 0. The number of aliphatic imine (C=N–C) groups is 1. The zero-order chi connectivity index (χ0) is 24.6. The second kappa shape index (κ2) is 8.41. The lowest BCUT2D eigenvalue weighted by atomic mass is 10.1. The smallest absolute Gasteiger partial charge is 0.257 e. The van der Waals surface area contributed by atoms with Gasteiger partial charge in [-0.3, -0.25) is 4.68 Å². The van der Waals surface area contributed by atoms with Crippen LogP contribution < -0.4 is 0 Å². The summed E-state index contributed by atoms with van der Waals surface area (Å²) < 4.78 is 91.7. The minimum atomic E-state index is -5.74. The zero-order valence-electron chi connectivity index (χ0n) is 16.9. The molecule has 0 amide bonds. The van der Waals surface area contributed by atoms with Crippen molar-refractivity contribution in [3.63, 3.8) is 0 Å². The molecule has 2 heterocycles. The van der Waals surface area contributed by atoms with Crippen molar-refractivity contribution in [3.8, 4) is 0 Å². The van der Waals surface area contributed by atoms with Crippen LogP contribution in [0.1, 0.15) is 18.1 Å². The summed E-state index contributed by atoms with van der Waals surface area (Å²) in [7, 11) is 1.04. The minimum Gasteiger partial charge on any atom is -0.257 e. The Morgan fingerprint density at radius 2 is 1.82 bits per heavy atom. The molecule has 0 unspecified atom stereocenters. The molecule has 0 atom stereocenters. The standard InChI is InChI=1S/C19H15F7N5O2/c1-17(20,21)13-4-3-11(14(6-13)31(32)33-2)7-27-16-5-12-8-29-30(15(12)9-28-16)10-18(22,23)19(24,25)26/h3-9H,10H2,1-2H3/q+1. The van der Waals surface area contributed by atoms with E-state index in [9.17, 15) is 35.6 Å². The minimum absolute atomic E-state index is 0.00431. The lowest BCUT2D eigenvalue weighted by molar-refractivity contribution is -0.736. The number of rotatable bonds is 7. The fourth-order valence-electron chi connectivity index (χ4n) is 2.76. The first kappa shape index (κ1) is 24.1. The van der Waals surface area contributed by atoms with E-state index in [0.717, 1.165) is 37.9 Å². The Morgan fingerprint density at radius 3 is 2.42 bits per heavy atom. The Balaban J connectivity index is 1.91. The number of halogens is 7. The molecule has 1 aromatic carbocycles. The molecule has 176 valence electrons. The highest BCUT2D eigenvalue weighted by atomic mass is 19.4. The van der Waals surface area contributed by atoms with Gasteiger partial charge in [0.15, 0.2) is 12.9 Å². The van der Waals surface area contributed by atoms with Crippen LogP contribution in [0.4, 0.5) is 42.2 Å². The number of nitrogens with zero attached hydrogens (tertiary/aromatic N) is 5. The number of hydrogen-bond acceptors (Lipinski definition) is 5. The highest BCUT2D eigenvalue weighted by molar-refractivity contribution is 5.88. The van der Waals surface area contributed by atoms with Crippen LogP contribution in [0.3, 0.4) is 0 Å². The summed E-state index contributed by atoms with van der Waals surface area (Å²) in [5, 5.41) is 3.72. The van der Waals surface area contributed by atoms with E-state index < -0.39 is 30.1 Å². The fraction of sp³-hybridized carbons (Fsp3) is 0.316. The Kier molecular flexibility index (Phi) is 6.13. The maximum absolute atomic E-state index is 13.6. The molecule has 0 spiro atoms. The third-order valence-corrected chi connectivity index (χ3v) is 4.51. The highest BCUT2D eigenvalue weighted by Gasteiger charge is 2.57. The van der Waals surface area contributed by atoms with E-state index in [1.54, 1.807) is 0 Å². The third kappa shape index (κ3) is 5.09. The van der Waals surface area contributed by atoms with E-state index in [1.807, 2.05) is 0 Å². The summed E-state index contributed by atoms with van der Waals surface area (Å²) in [5.74, 6) is -8.21. The summed E-state index contributed by atoms with van der Waals surface area (Å²) in [4.78, 5) is 24.3. The largest absolute Gasteiger partial charge is 0.455 e. The highest BCUT2D eigenvalue weighted by Crippen LogP contribution is 2.37. The summed E-state index contributed by atoms with van der Waals surface area (Å²) in [6, 6.07) is 4.50. The fourth-order valence-corrected chi connectivity index (χ4v) is 2.76. The third-order valence-electron chi connectivity index (χ3n) is 4.51. The van der Waals surface area contributed by atoms with Crippen molar-refractivity contribution in [3.05, 3.63) is 52.7 Å². The van der Waals surface area contributed by atoms with Gasteiger partial charge in [-0.2, -0.15) is 27.1 Å². The molecule has 0 saturated carbocycles. The van der Waals surface area contributed by atoms with Crippen LogP contribution in [-0.4, -0.2) is 45.1 Å². The SMILES string of the molecule is CO[N+](=O)c1cc(C(C)(F)F)ccc1C=Nc1cc2cnn(CC(F)(F)C(F)(F)F)c2cn1. The van der Waals surface area contributed by atoms with Gasteiger partial charge in [0.1, 0.15) is 6.54 Å². The molecular formula is C19H15F7N5O2+. The molecule has 0 bridgehead atoms. The van der Waals surface area contributed by atoms with Crippen LogP contribution in [0.5, 0.6) is 0 Å². The van der Waals surface area contributed by atoms with Crippen molar-refractivity contribution in [1.82, 2.24) is 14.8 Å². The molecule has 7 nitrogen and oxygen atoms in total. The molecule has 0 aliphatic carbocycles. The van der Waals surface area contributed by atoms with Crippen molar-refractivity contribution in [1.29, 1.82) is 0 Å². The van der Waals surface area contributed by atoms with Gasteiger partial charge in [0, 0.05) is 30.2 Å². The van der Waals surface area contributed by atoms with E-state index in [0.29, 0.717) is 11.6 Å². The molecular weight excluding hydrogens is 463 g/mol. The second-order valence-corrected chi connectivity index (χ2v) is 6.97. The summed E-state index contributed by atoms with van der Waals surface area (Å²) in [6.07, 6.45) is -2.53. The molecule has 0 fully saturated rings. The van der Waals surface area contributed by atoms with E-state index >= 15 is 0 Å². The van der Waals surface area contributed by atoms with Gasteiger partial charge in [-0.25, -0.2) is 23.6 Å². The van der Waals surface area contributed by atoms with Crippen LogP contribution in [0.2, 0.25) is 0 Å². The van der Waals surface area contributed by atoms with Crippen molar-refractivity contribution in [2.24, 2.45) is 4.99 Å².